The first-order chi connectivity index (χ1) is 12.7. The van der Waals surface area contributed by atoms with E-state index in [0.29, 0.717) is 6.04 Å². The van der Waals surface area contributed by atoms with Crippen LogP contribution in [0.25, 0.3) is 22.0 Å². The number of carbonyl (C=O) groups excluding carboxylic acids is 1. The number of amides is 1. The van der Waals surface area contributed by atoms with Crippen molar-refractivity contribution in [1.82, 2.24) is 14.9 Å². The number of hydrogen-bond acceptors (Lipinski definition) is 4. The molecule has 4 rings (SSSR count). The standard InChI is InChI=1S/C21H22N4O/c1-24(19-9-12-25(15-26)13-10-19)21-22-11-8-20(23-21)18-7-6-16-4-2-3-5-17(16)14-18/h2-8,11,14-15,19H,9-10,12-13H2,1H3. The molecule has 26 heavy (non-hydrogen) atoms. The molecule has 0 saturated carbocycles. The van der Waals surface area contributed by atoms with Gasteiger partial charge in [-0.25, -0.2) is 9.97 Å². The highest BCUT2D eigenvalue weighted by molar-refractivity contribution is 5.86. The average molecular weight is 346 g/mol. The molecule has 0 spiro atoms. The van der Waals surface area contributed by atoms with E-state index in [2.05, 4.69) is 52.3 Å². The van der Waals surface area contributed by atoms with Gasteiger partial charge in [-0.05, 0) is 35.7 Å². The molecular weight excluding hydrogens is 324 g/mol. The molecule has 0 unspecified atom stereocenters. The number of fused-ring (bicyclic) bond motifs is 1. The lowest BCUT2D eigenvalue weighted by Crippen LogP contribution is -2.43. The lowest BCUT2D eigenvalue weighted by atomic mass is 10.0. The number of carbonyl (C=O) groups is 1. The molecule has 3 aromatic rings. The monoisotopic (exact) mass is 346 g/mol. The average Bonchev–Trinajstić information content (AvgIpc) is 2.73. The predicted molar refractivity (Wildman–Crippen MR) is 104 cm³/mol. The van der Waals surface area contributed by atoms with Gasteiger partial charge in [0.1, 0.15) is 0 Å². The molecule has 1 aliphatic rings. The smallest absolute Gasteiger partial charge is 0.225 e. The molecule has 1 aromatic heterocycles. The summed E-state index contributed by atoms with van der Waals surface area (Å²) in [6.45, 7) is 1.59. The molecular formula is C21H22N4O. The highest BCUT2D eigenvalue weighted by atomic mass is 16.1. The van der Waals surface area contributed by atoms with Gasteiger partial charge < -0.3 is 9.80 Å². The molecule has 5 nitrogen and oxygen atoms in total. The van der Waals surface area contributed by atoms with Gasteiger partial charge in [-0.15, -0.1) is 0 Å². The lowest BCUT2D eigenvalue weighted by Gasteiger charge is -2.35. The Balaban J connectivity index is 1.58. The van der Waals surface area contributed by atoms with Crippen molar-refractivity contribution in [3.63, 3.8) is 0 Å². The Kier molecular flexibility index (Phi) is 4.52. The summed E-state index contributed by atoms with van der Waals surface area (Å²) >= 11 is 0. The molecule has 5 heteroatoms. The zero-order valence-corrected chi connectivity index (χ0v) is 14.9. The molecule has 1 amide bonds. The second kappa shape index (κ2) is 7.12. The summed E-state index contributed by atoms with van der Waals surface area (Å²) in [5.41, 5.74) is 2.02. The maximum Gasteiger partial charge on any atom is 0.225 e. The number of benzene rings is 2. The minimum absolute atomic E-state index is 0.359. The first-order valence-corrected chi connectivity index (χ1v) is 8.99. The van der Waals surface area contributed by atoms with Crippen LogP contribution in [0.4, 0.5) is 5.95 Å². The van der Waals surface area contributed by atoms with Gasteiger partial charge in [0, 0.05) is 37.9 Å². The summed E-state index contributed by atoms with van der Waals surface area (Å²) < 4.78 is 0. The third-order valence-corrected chi connectivity index (χ3v) is 5.20. The largest absolute Gasteiger partial charge is 0.345 e. The summed E-state index contributed by atoms with van der Waals surface area (Å²) in [7, 11) is 2.04. The number of rotatable bonds is 4. The van der Waals surface area contributed by atoms with Crippen molar-refractivity contribution in [3.05, 3.63) is 54.7 Å². The van der Waals surface area contributed by atoms with Crippen molar-refractivity contribution in [2.24, 2.45) is 0 Å². The van der Waals surface area contributed by atoms with E-state index < -0.39 is 0 Å². The maximum absolute atomic E-state index is 10.9. The number of hydrogen-bond donors (Lipinski definition) is 0. The lowest BCUT2D eigenvalue weighted by molar-refractivity contribution is -0.119. The van der Waals surface area contributed by atoms with Gasteiger partial charge in [0.15, 0.2) is 0 Å². The summed E-state index contributed by atoms with van der Waals surface area (Å²) in [6, 6.07) is 17.1. The maximum atomic E-state index is 10.9. The molecule has 0 bridgehead atoms. The van der Waals surface area contributed by atoms with E-state index in [9.17, 15) is 4.79 Å². The van der Waals surface area contributed by atoms with Crippen LogP contribution in [0.1, 0.15) is 12.8 Å². The second-order valence-corrected chi connectivity index (χ2v) is 6.79. The fraction of sp³-hybridized carbons (Fsp3) is 0.286. The van der Waals surface area contributed by atoms with Gasteiger partial charge in [0.2, 0.25) is 12.4 Å². The Hall–Kier alpha value is -2.95. The quantitative estimate of drug-likeness (QED) is 0.680. The van der Waals surface area contributed by atoms with Gasteiger partial charge in [-0.1, -0.05) is 36.4 Å². The number of aromatic nitrogens is 2. The van der Waals surface area contributed by atoms with Crippen molar-refractivity contribution in [2.45, 2.75) is 18.9 Å². The Bertz CT molecular complexity index is 919. The fourth-order valence-electron chi connectivity index (χ4n) is 3.57. The third kappa shape index (κ3) is 3.25. The van der Waals surface area contributed by atoms with Crippen LogP contribution in [0, 0.1) is 0 Å². The molecule has 132 valence electrons. The first-order valence-electron chi connectivity index (χ1n) is 8.99. The van der Waals surface area contributed by atoms with Crippen LogP contribution in [0.3, 0.4) is 0 Å². The van der Waals surface area contributed by atoms with E-state index in [1.54, 1.807) is 0 Å². The summed E-state index contributed by atoms with van der Waals surface area (Å²) in [4.78, 5) is 24.1. The summed E-state index contributed by atoms with van der Waals surface area (Å²) in [5.74, 6) is 0.736. The van der Waals surface area contributed by atoms with Crippen LogP contribution in [-0.4, -0.2) is 47.5 Å². The van der Waals surface area contributed by atoms with Gasteiger partial charge in [-0.2, -0.15) is 0 Å². The summed E-state index contributed by atoms with van der Waals surface area (Å²) in [6.07, 6.45) is 4.65. The molecule has 1 fully saturated rings. The highest BCUT2D eigenvalue weighted by Crippen LogP contribution is 2.25. The summed E-state index contributed by atoms with van der Waals surface area (Å²) in [5, 5.41) is 2.43. The molecule has 2 aromatic carbocycles. The number of piperidine rings is 1. The fourth-order valence-corrected chi connectivity index (χ4v) is 3.57. The van der Waals surface area contributed by atoms with Crippen molar-refractivity contribution in [1.29, 1.82) is 0 Å². The molecule has 1 aliphatic heterocycles. The minimum Gasteiger partial charge on any atom is -0.345 e. The van der Waals surface area contributed by atoms with E-state index in [0.717, 1.165) is 49.5 Å². The van der Waals surface area contributed by atoms with Gasteiger partial charge in [0.05, 0.1) is 5.69 Å². The molecule has 0 atom stereocenters. The van der Waals surface area contributed by atoms with Gasteiger partial charge >= 0.3 is 0 Å². The SMILES string of the molecule is CN(c1nccc(-c2ccc3ccccc3c2)n1)C1CCN(C=O)CC1. The Morgan fingerprint density at radius 1 is 1.08 bits per heavy atom. The molecule has 0 radical (unpaired) electrons. The molecule has 0 N–H and O–H groups in total. The van der Waals surface area contributed by atoms with E-state index >= 15 is 0 Å². The molecule has 2 heterocycles. The normalized spacial score (nSPS) is 15.2. The number of likely N-dealkylation sites (tertiary alicyclic amines) is 1. The predicted octanol–water partition coefficient (Wildman–Crippen LogP) is 3.35. The molecule has 0 aliphatic carbocycles. The van der Waals surface area contributed by atoms with E-state index in [-0.39, 0.29) is 0 Å². The zero-order chi connectivity index (χ0) is 17.9. The third-order valence-electron chi connectivity index (χ3n) is 5.20. The van der Waals surface area contributed by atoms with Crippen molar-refractivity contribution < 1.29 is 4.79 Å². The zero-order valence-electron chi connectivity index (χ0n) is 14.9. The van der Waals surface area contributed by atoms with E-state index in [4.69, 9.17) is 4.98 Å². The van der Waals surface area contributed by atoms with E-state index in [1.165, 1.54) is 10.8 Å². The Morgan fingerprint density at radius 3 is 2.62 bits per heavy atom. The van der Waals surface area contributed by atoms with Crippen LogP contribution in [0.15, 0.2) is 54.7 Å². The van der Waals surface area contributed by atoms with Crippen molar-refractivity contribution >= 4 is 23.1 Å². The minimum atomic E-state index is 0.359. The second-order valence-electron chi connectivity index (χ2n) is 6.79. The number of nitrogens with zero attached hydrogens (tertiary/aromatic N) is 4. The highest BCUT2D eigenvalue weighted by Gasteiger charge is 2.23. The molecule has 1 saturated heterocycles. The van der Waals surface area contributed by atoms with Gasteiger partial charge in [-0.3, -0.25) is 4.79 Å². The van der Waals surface area contributed by atoms with Crippen LogP contribution in [-0.2, 0) is 4.79 Å². The van der Waals surface area contributed by atoms with Gasteiger partial charge in [0.25, 0.3) is 0 Å². The van der Waals surface area contributed by atoms with E-state index in [1.807, 2.05) is 24.2 Å². The van der Waals surface area contributed by atoms with Crippen molar-refractivity contribution in [2.75, 3.05) is 25.0 Å². The Morgan fingerprint density at radius 2 is 1.85 bits per heavy atom. The van der Waals surface area contributed by atoms with Crippen LogP contribution in [0.2, 0.25) is 0 Å². The Labute approximate surface area is 153 Å². The van der Waals surface area contributed by atoms with Crippen LogP contribution in [0.5, 0.6) is 0 Å². The topological polar surface area (TPSA) is 49.3 Å². The first kappa shape index (κ1) is 16.5. The number of anilines is 1. The van der Waals surface area contributed by atoms with Crippen LogP contribution < -0.4 is 4.90 Å². The van der Waals surface area contributed by atoms with Crippen molar-refractivity contribution in [3.8, 4) is 11.3 Å². The van der Waals surface area contributed by atoms with Crippen LogP contribution >= 0.6 is 0 Å².